The first-order chi connectivity index (χ1) is 9.51. The number of amides is 1. The summed E-state index contributed by atoms with van der Waals surface area (Å²) >= 11 is 0. The fourth-order valence-electron chi connectivity index (χ4n) is 1.50. The highest BCUT2D eigenvalue weighted by Crippen LogP contribution is 2.10. The van der Waals surface area contributed by atoms with Crippen LogP contribution in [0, 0.1) is 0 Å². The van der Waals surface area contributed by atoms with Gasteiger partial charge in [0.05, 0.1) is 0 Å². The summed E-state index contributed by atoms with van der Waals surface area (Å²) in [5.41, 5.74) is -0.606. The highest BCUT2D eigenvalue weighted by Gasteiger charge is 2.23. The lowest BCUT2D eigenvalue weighted by Gasteiger charge is -2.20. The van der Waals surface area contributed by atoms with Crippen LogP contribution in [0.25, 0.3) is 0 Å². The number of hydrogen-bond donors (Lipinski definition) is 2. The first-order valence-corrected chi connectivity index (χ1v) is 6.90. The Hall–Kier alpha value is -1.63. The molecule has 7 heteroatoms. The number of nitrogens with one attached hydrogen (secondary N) is 1. The molecule has 0 radical (unpaired) electrons. The number of carbonyl (C=O) groups is 3. The number of aliphatic carboxylic acids is 1. The first kappa shape index (κ1) is 19.4. The Kier molecular flexibility index (Phi) is 7.94. The van der Waals surface area contributed by atoms with E-state index in [4.69, 9.17) is 9.84 Å². The van der Waals surface area contributed by atoms with Crippen molar-refractivity contribution in [2.75, 3.05) is 20.6 Å². The van der Waals surface area contributed by atoms with Gasteiger partial charge in [0, 0.05) is 19.4 Å². The third-order valence-corrected chi connectivity index (χ3v) is 2.48. The van der Waals surface area contributed by atoms with E-state index >= 15 is 0 Å². The highest BCUT2D eigenvalue weighted by atomic mass is 16.6. The minimum Gasteiger partial charge on any atom is -0.480 e. The van der Waals surface area contributed by atoms with Gasteiger partial charge in [0.25, 0.3) is 0 Å². The van der Waals surface area contributed by atoms with Crippen molar-refractivity contribution in [1.29, 1.82) is 0 Å². The maximum Gasteiger partial charge on any atom is 0.326 e. The molecule has 0 aromatic rings. The van der Waals surface area contributed by atoms with Crippen LogP contribution in [0.15, 0.2) is 0 Å². The van der Waals surface area contributed by atoms with Crippen LogP contribution < -0.4 is 5.32 Å². The molecule has 0 saturated heterocycles. The Labute approximate surface area is 125 Å². The second kappa shape index (κ2) is 8.61. The molecule has 0 aromatic carbocycles. The molecule has 1 amide bonds. The molecule has 0 rings (SSSR count). The van der Waals surface area contributed by atoms with Gasteiger partial charge < -0.3 is 20.1 Å². The van der Waals surface area contributed by atoms with E-state index in [1.807, 2.05) is 19.0 Å². The van der Waals surface area contributed by atoms with Gasteiger partial charge in [-0.3, -0.25) is 9.59 Å². The van der Waals surface area contributed by atoms with Crippen LogP contribution in [0.2, 0.25) is 0 Å². The van der Waals surface area contributed by atoms with Gasteiger partial charge >= 0.3 is 11.9 Å². The quantitative estimate of drug-likeness (QED) is 0.638. The molecule has 0 aliphatic carbocycles. The maximum absolute atomic E-state index is 11.6. The Morgan fingerprint density at radius 2 is 1.76 bits per heavy atom. The van der Waals surface area contributed by atoms with E-state index in [0.717, 1.165) is 0 Å². The second-order valence-electron chi connectivity index (χ2n) is 6.14. The van der Waals surface area contributed by atoms with Crippen molar-refractivity contribution < 1.29 is 24.2 Å². The molecule has 7 nitrogen and oxygen atoms in total. The zero-order chi connectivity index (χ0) is 16.6. The van der Waals surface area contributed by atoms with E-state index in [2.05, 4.69) is 5.32 Å². The molecular weight excluding hydrogens is 276 g/mol. The minimum absolute atomic E-state index is 0.0119. The number of nitrogens with zero attached hydrogens (tertiary/aromatic N) is 1. The summed E-state index contributed by atoms with van der Waals surface area (Å²) in [5.74, 6) is -1.98. The predicted molar refractivity (Wildman–Crippen MR) is 77.8 cm³/mol. The molecule has 0 aliphatic rings. The smallest absolute Gasteiger partial charge is 0.326 e. The average Bonchev–Trinajstić information content (AvgIpc) is 2.29. The van der Waals surface area contributed by atoms with Crippen molar-refractivity contribution in [3.63, 3.8) is 0 Å². The summed E-state index contributed by atoms with van der Waals surface area (Å²) in [6, 6.07) is -1.08. The summed E-state index contributed by atoms with van der Waals surface area (Å²) < 4.78 is 5.10. The number of carbonyl (C=O) groups excluding carboxylic acids is 2. The highest BCUT2D eigenvalue weighted by molar-refractivity contribution is 5.84. The Morgan fingerprint density at radius 3 is 2.19 bits per heavy atom. The van der Waals surface area contributed by atoms with Crippen LogP contribution in [0.1, 0.15) is 40.0 Å². The molecule has 1 atom stereocenters. The van der Waals surface area contributed by atoms with Crippen molar-refractivity contribution in [3.05, 3.63) is 0 Å². The van der Waals surface area contributed by atoms with Gasteiger partial charge in [0.1, 0.15) is 11.6 Å². The van der Waals surface area contributed by atoms with Crippen LogP contribution in [-0.4, -0.2) is 60.1 Å². The topological polar surface area (TPSA) is 95.9 Å². The van der Waals surface area contributed by atoms with Gasteiger partial charge in [-0.15, -0.1) is 0 Å². The van der Waals surface area contributed by atoms with Crippen LogP contribution in [0.4, 0.5) is 0 Å². The Balaban J connectivity index is 4.29. The molecule has 0 unspecified atom stereocenters. The van der Waals surface area contributed by atoms with Gasteiger partial charge in [-0.05, 0) is 41.3 Å². The fourth-order valence-corrected chi connectivity index (χ4v) is 1.50. The van der Waals surface area contributed by atoms with Gasteiger partial charge in [-0.25, -0.2) is 4.79 Å². The summed E-state index contributed by atoms with van der Waals surface area (Å²) in [6.07, 6.45) is 0.170. The van der Waals surface area contributed by atoms with Crippen molar-refractivity contribution in [1.82, 2.24) is 10.2 Å². The number of carboxylic acid groups (broad SMARTS) is 1. The molecular formula is C14H26N2O5. The molecule has 0 spiro atoms. The standard InChI is InChI=1S/C14H26N2O5/c1-14(2,3)21-12(18)7-6-10(13(19)20)15-11(17)8-9-16(4)5/h10H,6-9H2,1-5H3,(H,15,17)(H,19,20)/t10-/m1/s1. The van der Waals surface area contributed by atoms with Crippen molar-refractivity contribution in [3.8, 4) is 0 Å². The van der Waals surface area contributed by atoms with Gasteiger partial charge in [-0.1, -0.05) is 0 Å². The van der Waals surface area contributed by atoms with Crippen LogP contribution in [0.3, 0.4) is 0 Å². The third-order valence-electron chi connectivity index (χ3n) is 2.48. The van der Waals surface area contributed by atoms with E-state index < -0.39 is 23.6 Å². The van der Waals surface area contributed by atoms with Gasteiger partial charge in [0.2, 0.25) is 5.91 Å². The number of carboxylic acids is 1. The average molecular weight is 302 g/mol. The lowest BCUT2D eigenvalue weighted by atomic mass is 10.1. The molecule has 0 aromatic heterocycles. The Morgan fingerprint density at radius 1 is 1.19 bits per heavy atom. The molecule has 122 valence electrons. The molecule has 0 saturated carbocycles. The van der Waals surface area contributed by atoms with E-state index in [1.54, 1.807) is 20.8 Å². The van der Waals surface area contributed by atoms with Crippen molar-refractivity contribution in [2.24, 2.45) is 0 Å². The van der Waals surface area contributed by atoms with E-state index in [9.17, 15) is 14.4 Å². The number of ether oxygens (including phenoxy) is 1. The lowest BCUT2D eigenvalue weighted by molar-refractivity contribution is -0.155. The first-order valence-electron chi connectivity index (χ1n) is 6.90. The number of hydrogen-bond acceptors (Lipinski definition) is 5. The van der Waals surface area contributed by atoms with Crippen molar-refractivity contribution >= 4 is 17.8 Å². The summed E-state index contributed by atoms with van der Waals surface area (Å²) in [7, 11) is 3.65. The molecule has 0 bridgehead atoms. The normalized spacial score (nSPS) is 12.9. The Bertz CT molecular complexity index is 374. The monoisotopic (exact) mass is 302 g/mol. The zero-order valence-corrected chi connectivity index (χ0v) is 13.4. The lowest BCUT2D eigenvalue weighted by Crippen LogP contribution is -2.42. The van der Waals surface area contributed by atoms with E-state index in [1.165, 1.54) is 0 Å². The van der Waals surface area contributed by atoms with E-state index in [-0.39, 0.29) is 25.2 Å². The minimum atomic E-state index is -1.16. The van der Waals surface area contributed by atoms with Gasteiger partial charge in [-0.2, -0.15) is 0 Å². The third kappa shape index (κ3) is 10.8. The number of esters is 1. The maximum atomic E-state index is 11.6. The van der Waals surface area contributed by atoms with Crippen LogP contribution in [0.5, 0.6) is 0 Å². The summed E-state index contributed by atoms with van der Waals surface area (Å²) in [5, 5.41) is 11.5. The SMILES string of the molecule is CN(C)CCC(=O)N[C@H](CCC(=O)OC(C)(C)C)C(=O)O. The van der Waals surface area contributed by atoms with Gasteiger partial charge in [0.15, 0.2) is 0 Å². The van der Waals surface area contributed by atoms with Crippen molar-refractivity contribution in [2.45, 2.75) is 51.7 Å². The second-order valence-corrected chi connectivity index (χ2v) is 6.14. The predicted octanol–water partition coefficient (Wildman–Crippen LogP) is 0.629. The molecule has 0 heterocycles. The largest absolute Gasteiger partial charge is 0.480 e. The zero-order valence-electron chi connectivity index (χ0n) is 13.4. The summed E-state index contributed by atoms with van der Waals surface area (Å²) in [6.45, 7) is 5.75. The number of rotatable bonds is 8. The van der Waals surface area contributed by atoms with Crippen LogP contribution in [-0.2, 0) is 19.1 Å². The fraction of sp³-hybridized carbons (Fsp3) is 0.786. The molecule has 0 aliphatic heterocycles. The van der Waals surface area contributed by atoms with Crippen LogP contribution >= 0.6 is 0 Å². The van der Waals surface area contributed by atoms with E-state index in [0.29, 0.717) is 6.54 Å². The molecule has 0 fully saturated rings. The molecule has 21 heavy (non-hydrogen) atoms. The summed E-state index contributed by atoms with van der Waals surface area (Å²) in [4.78, 5) is 36.1. The molecule has 2 N–H and O–H groups in total.